The molecule has 24 heavy (non-hydrogen) atoms. The Kier molecular flexibility index (Phi) is 6.16. The van der Waals surface area contributed by atoms with Crippen molar-refractivity contribution in [2.75, 3.05) is 20.2 Å². The summed E-state index contributed by atoms with van der Waals surface area (Å²) in [4.78, 5) is 11.9. The fraction of sp³-hybridized carbons (Fsp3) is 0.438. The summed E-state index contributed by atoms with van der Waals surface area (Å²) in [7, 11) is 1.64. The van der Waals surface area contributed by atoms with Crippen molar-refractivity contribution >= 4 is 18.3 Å². The van der Waals surface area contributed by atoms with Crippen LogP contribution in [0.3, 0.4) is 0 Å². The monoisotopic (exact) mass is 351 g/mol. The van der Waals surface area contributed by atoms with Gasteiger partial charge < -0.3 is 15.4 Å². The van der Waals surface area contributed by atoms with E-state index in [1.165, 1.54) is 0 Å². The smallest absolute Gasteiger partial charge is 0.237 e. The number of hydrogen-bond donors (Lipinski definition) is 2. The molecule has 2 atom stereocenters. The van der Waals surface area contributed by atoms with Gasteiger partial charge in [0.1, 0.15) is 11.4 Å². The van der Waals surface area contributed by atoms with Crippen LogP contribution in [-0.2, 0) is 4.79 Å². The molecule has 1 fully saturated rings. The Balaban J connectivity index is 0.00000208. The maximum Gasteiger partial charge on any atom is 0.237 e. The van der Waals surface area contributed by atoms with Gasteiger partial charge in [-0.05, 0) is 37.6 Å². The van der Waals surface area contributed by atoms with E-state index in [1.807, 2.05) is 42.1 Å². The number of nitrogens with zero attached hydrogens (tertiary/aromatic N) is 3. The summed E-state index contributed by atoms with van der Waals surface area (Å²) >= 11 is 0. The quantitative estimate of drug-likeness (QED) is 0.851. The number of aromatic nitrogens is 3. The van der Waals surface area contributed by atoms with Crippen molar-refractivity contribution in [3.63, 3.8) is 0 Å². The number of ether oxygens (including phenoxy) is 1. The number of hydrogen-bond acceptors (Lipinski definition) is 5. The number of halogens is 1. The number of carbonyl (C=O) groups excluding carboxylic acids is 1. The summed E-state index contributed by atoms with van der Waals surface area (Å²) in [5.74, 6) is 0.858. The van der Waals surface area contributed by atoms with Gasteiger partial charge in [-0.25, -0.2) is 4.68 Å². The maximum absolute atomic E-state index is 11.9. The van der Waals surface area contributed by atoms with Crippen molar-refractivity contribution in [1.82, 2.24) is 25.6 Å². The van der Waals surface area contributed by atoms with E-state index < -0.39 is 0 Å². The van der Waals surface area contributed by atoms with Crippen molar-refractivity contribution in [1.29, 1.82) is 0 Å². The normalized spacial score (nSPS) is 19.6. The van der Waals surface area contributed by atoms with Crippen molar-refractivity contribution in [3.05, 3.63) is 30.5 Å². The fourth-order valence-electron chi connectivity index (χ4n) is 2.76. The van der Waals surface area contributed by atoms with E-state index in [9.17, 15) is 4.79 Å². The van der Waals surface area contributed by atoms with Gasteiger partial charge in [0.05, 0.1) is 25.4 Å². The summed E-state index contributed by atoms with van der Waals surface area (Å²) in [6.07, 6.45) is 2.64. The van der Waals surface area contributed by atoms with Gasteiger partial charge in [0, 0.05) is 18.7 Å². The van der Waals surface area contributed by atoms with Gasteiger partial charge in [-0.3, -0.25) is 4.79 Å². The Hall–Kier alpha value is -2.12. The molecule has 1 aromatic carbocycles. The summed E-state index contributed by atoms with van der Waals surface area (Å²) in [6, 6.07) is 7.69. The zero-order valence-corrected chi connectivity index (χ0v) is 14.5. The predicted octanol–water partition coefficient (Wildman–Crippen LogP) is 1.41. The molecule has 1 aromatic heterocycles. The number of methoxy groups -OCH3 is 1. The van der Waals surface area contributed by atoms with Crippen LogP contribution in [0.1, 0.15) is 19.4 Å². The van der Waals surface area contributed by atoms with Crippen LogP contribution in [0.15, 0.2) is 30.5 Å². The summed E-state index contributed by atoms with van der Waals surface area (Å²) in [5.41, 5.74) is 1.80. The van der Waals surface area contributed by atoms with Gasteiger partial charge in [0.25, 0.3) is 0 Å². The number of nitrogens with one attached hydrogen (secondary N) is 2. The Morgan fingerprint density at radius 1 is 1.42 bits per heavy atom. The average Bonchev–Trinajstić information content (AvgIpc) is 3.24. The molecule has 2 heterocycles. The molecule has 2 aromatic rings. The highest BCUT2D eigenvalue weighted by atomic mass is 35.5. The lowest BCUT2D eigenvalue weighted by Crippen LogP contribution is -2.40. The minimum absolute atomic E-state index is 0. The molecule has 130 valence electrons. The third kappa shape index (κ3) is 3.85. The highest BCUT2D eigenvalue weighted by Crippen LogP contribution is 2.23. The van der Waals surface area contributed by atoms with Gasteiger partial charge in [0.2, 0.25) is 5.91 Å². The van der Waals surface area contributed by atoms with E-state index in [0.29, 0.717) is 13.1 Å². The van der Waals surface area contributed by atoms with Gasteiger partial charge in [0.15, 0.2) is 0 Å². The van der Waals surface area contributed by atoms with Crippen LogP contribution in [0, 0.1) is 0 Å². The Morgan fingerprint density at radius 3 is 2.83 bits per heavy atom. The SMILES string of the molecule is CCNC(=O)[C@@H]1C[C@@H](n2cc(-c3ccc(OC)cc3)nn2)CN1.Cl. The van der Waals surface area contributed by atoms with Crippen molar-refractivity contribution < 1.29 is 9.53 Å². The van der Waals surface area contributed by atoms with Crippen molar-refractivity contribution in [2.45, 2.75) is 25.4 Å². The molecule has 0 aliphatic carbocycles. The Labute approximate surface area is 147 Å². The Morgan fingerprint density at radius 2 is 2.17 bits per heavy atom. The van der Waals surface area contributed by atoms with E-state index in [-0.39, 0.29) is 30.4 Å². The molecule has 1 amide bonds. The van der Waals surface area contributed by atoms with Gasteiger partial charge in [-0.2, -0.15) is 0 Å². The molecular weight excluding hydrogens is 330 g/mol. The first-order chi connectivity index (χ1) is 11.2. The van der Waals surface area contributed by atoms with Crippen LogP contribution in [0.2, 0.25) is 0 Å². The first-order valence-corrected chi connectivity index (χ1v) is 7.78. The highest BCUT2D eigenvalue weighted by molar-refractivity contribution is 5.85. The second-order valence-electron chi connectivity index (χ2n) is 5.56. The third-order valence-corrected chi connectivity index (χ3v) is 4.05. The first kappa shape index (κ1) is 18.2. The van der Waals surface area contributed by atoms with Gasteiger partial charge in [-0.15, -0.1) is 17.5 Å². The molecule has 1 aliphatic heterocycles. The molecule has 2 N–H and O–H groups in total. The second kappa shape index (κ2) is 8.12. The number of benzene rings is 1. The molecular formula is C16H22ClN5O2. The van der Waals surface area contributed by atoms with Crippen LogP contribution in [0.5, 0.6) is 5.75 Å². The largest absolute Gasteiger partial charge is 0.497 e. The average molecular weight is 352 g/mol. The number of likely N-dealkylation sites (N-methyl/N-ethyl adjacent to an activating group) is 1. The molecule has 0 radical (unpaired) electrons. The summed E-state index contributed by atoms with van der Waals surface area (Å²) in [5, 5.41) is 14.5. The predicted molar refractivity (Wildman–Crippen MR) is 93.4 cm³/mol. The molecule has 8 heteroatoms. The van der Waals surface area contributed by atoms with E-state index in [0.717, 1.165) is 23.4 Å². The second-order valence-corrected chi connectivity index (χ2v) is 5.56. The minimum atomic E-state index is -0.159. The molecule has 0 bridgehead atoms. The lowest BCUT2D eigenvalue weighted by atomic mass is 10.1. The maximum atomic E-state index is 11.9. The van der Waals surface area contributed by atoms with Crippen LogP contribution in [0.4, 0.5) is 0 Å². The molecule has 0 unspecified atom stereocenters. The molecule has 7 nitrogen and oxygen atoms in total. The van der Waals surface area contributed by atoms with E-state index in [2.05, 4.69) is 20.9 Å². The van der Waals surface area contributed by atoms with Crippen molar-refractivity contribution in [2.24, 2.45) is 0 Å². The highest BCUT2D eigenvalue weighted by Gasteiger charge is 2.30. The molecule has 1 saturated heterocycles. The minimum Gasteiger partial charge on any atom is -0.497 e. The van der Waals surface area contributed by atoms with Crippen molar-refractivity contribution in [3.8, 4) is 17.0 Å². The lowest BCUT2D eigenvalue weighted by molar-refractivity contribution is -0.122. The van der Waals surface area contributed by atoms with Crippen LogP contribution < -0.4 is 15.4 Å². The standard InChI is InChI=1S/C16H21N5O2.ClH/c1-3-17-16(22)14-8-12(9-18-14)21-10-15(19-20-21)11-4-6-13(23-2)7-5-11;/h4-7,10,12,14,18H,3,8-9H2,1-2H3,(H,17,22);1H/t12-,14+;/m1./s1. The van der Waals surface area contributed by atoms with Crippen LogP contribution in [0.25, 0.3) is 11.3 Å². The fourth-order valence-corrected chi connectivity index (χ4v) is 2.76. The zero-order valence-electron chi connectivity index (χ0n) is 13.7. The molecule has 0 spiro atoms. The van der Waals surface area contributed by atoms with E-state index in [4.69, 9.17) is 4.74 Å². The zero-order chi connectivity index (χ0) is 16.2. The number of carbonyl (C=O) groups is 1. The Bertz CT molecular complexity index is 673. The molecule has 3 rings (SSSR count). The molecule has 0 saturated carbocycles. The molecule has 1 aliphatic rings. The number of rotatable bonds is 5. The third-order valence-electron chi connectivity index (χ3n) is 4.05. The summed E-state index contributed by atoms with van der Waals surface area (Å²) in [6.45, 7) is 3.28. The lowest BCUT2D eigenvalue weighted by Gasteiger charge is -2.10. The first-order valence-electron chi connectivity index (χ1n) is 7.78. The summed E-state index contributed by atoms with van der Waals surface area (Å²) < 4.78 is 7.00. The van der Waals surface area contributed by atoms with Gasteiger partial charge in [-0.1, -0.05) is 5.21 Å². The van der Waals surface area contributed by atoms with E-state index in [1.54, 1.807) is 7.11 Å². The van der Waals surface area contributed by atoms with E-state index >= 15 is 0 Å². The van der Waals surface area contributed by atoms with Gasteiger partial charge >= 0.3 is 0 Å². The number of amides is 1. The van der Waals surface area contributed by atoms with Crippen LogP contribution in [-0.4, -0.2) is 47.1 Å². The van der Waals surface area contributed by atoms with Crippen LogP contribution >= 0.6 is 12.4 Å². The topological polar surface area (TPSA) is 81.1 Å².